The van der Waals surface area contributed by atoms with Gasteiger partial charge in [-0.1, -0.05) is 6.07 Å². The van der Waals surface area contributed by atoms with Crippen molar-refractivity contribution in [3.63, 3.8) is 0 Å². The summed E-state index contributed by atoms with van der Waals surface area (Å²) in [4.78, 5) is 29.5. The Morgan fingerprint density at radius 3 is 2.58 bits per heavy atom. The third kappa shape index (κ3) is 4.01. The molecule has 0 unspecified atom stereocenters. The monoisotopic (exact) mass is 339 g/mol. The average Bonchev–Trinajstić information content (AvgIpc) is 2.55. The third-order valence-electron chi connectivity index (χ3n) is 3.71. The lowest BCUT2D eigenvalue weighted by Crippen LogP contribution is -2.35. The average molecular weight is 339 g/mol. The van der Waals surface area contributed by atoms with E-state index in [-0.39, 0.29) is 6.04 Å². The van der Waals surface area contributed by atoms with E-state index < -0.39 is 29.8 Å². The molecule has 0 aliphatic rings. The molecular formula is C16H16F3N3O2. The zero-order valence-corrected chi connectivity index (χ0v) is 13.1. The first-order valence-corrected chi connectivity index (χ1v) is 7.14. The summed E-state index contributed by atoms with van der Waals surface area (Å²) in [6, 6.07) is 6.38. The number of carbonyl (C=O) groups is 1. The molecule has 0 spiro atoms. The number of halogens is 3. The van der Waals surface area contributed by atoms with Crippen molar-refractivity contribution < 1.29 is 18.0 Å². The van der Waals surface area contributed by atoms with Crippen molar-refractivity contribution in [3.8, 4) is 0 Å². The zero-order valence-electron chi connectivity index (χ0n) is 13.1. The summed E-state index contributed by atoms with van der Waals surface area (Å²) in [5.41, 5.74) is -1.00. The SMILES string of the molecule is C[C@H](c1ccccn1)N(C)C(=O)Cn1cc(C(F)(F)F)ccc1=O. The molecule has 0 N–H and O–H groups in total. The molecule has 2 aromatic heterocycles. The molecule has 8 heteroatoms. The Morgan fingerprint density at radius 2 is 2.00 bits per heavy atom. The molecule has 5 nitrogen and oxygen atoms in total. The first-order chi connectivity index (χ1) is 11.2. The van der Waals surface area contributed by atoms with Crippen molar-refractivity contribution in [2.45, 2.75) is 25.7 Å². The number of nitrogens with zero attached hydrogens (tertiary/aromatic N) is 3. The van der Waals surface area contributed by atoms with Crippen LogP contribution in [0.2, 0.25) is 0 Å². The number of hydrogen-bond donors (Lipinski definition) is 0. The predicted molar refractivity (Wildman–Crippen MR) is 81.1 cm³/mol. The van der Waals surface area contributed by atoms with Gasteiger partial charge in [0.15, 0.2) is 0 Å². The lowest BCUT2D eigenvalue weighted by Gasteiger charge is -2.25. The largest absolute Gasteiger partial charge is 0.417 e. The molecule has 128 valence electrons. The second-order valence-corrected chi connectivity index (χ2v) is 5.32. The van der Waals surface area contributed by atoms with Crippen molar-refractivity contribution in [3.05, 3.63) is 64.3 Å². The minimum absolute atomic E-state index is 0.375. The van der Waals surface area contributed by atoms with Crippen LogP contribution in [0.5, 0.6) is 0 Å². The molecule has 0 aromatic carbocycles. The Labute approximate surface area is 136 Å². The minimum atomic E-state index is -4.58. The van der Waals surface area contributed by atoms with E-state index in [1.54, 1.807) is 31.3 Å². The van der Waals surface area contributed by atoms with Gasteiger partial charge in [-0.2, -0.15) is 13.2 Å². The van der Waals surface area contributed by atoms with Crippen molar-refractivity contribution >= 4 is 5.91 Å². The maximum absolute atomic E-state index is 12.7. The molecule has 0 radical (unpaired) electrons. The van der Waals surface area contributed by atoms with E-state index in [9.17, 15) is 22.8 Å². The van der Waals surface area contributed by atoms with Crippen molar-refractivity contribution in [1.29, 1.82) is 0 Å². The van der Waals surface area contributed by atoms with Crippen molar-refractivity contribution in [1.82, 2.24) is 14.5 Å². The molecule has 0 aliphatic carbocycles. The lowest BCUT2D eigenvalue weighted by molar-refractivity contribution is -0.139. The Kier molecular flexibility index (Phi) is 5.06. The van der Waals surface area contributed by atoms with Crippen LogP contribution in [0.1, 0.15) is 24.2 Å². The highest BCUT2D eigenvalue weighted by atomic mass is 19.4. The summed E-state index contributed by atoms with van der Waals surface area (Å²) in [6.45, 7) is 1.27. The van der Waals surface area contributed by atoms with Crippen LogP contribution in [0.25, 0.3) is 0 Å². The molecule has 2 heterocycles. The van der Waals surface area contributed by atoms with E-state index >= 15 is 0 Å². The van der Waals surface area contributed by atoms with E-state index in [1.165, 1.54) is 11.9 Å². The Hall–Kier alpha value is -2.64. The number of carbonyl (C=O) groups excluding carboxylic acids is 1. The Balaban J connectivity index is 2.19. The van der Waals surface area contributed by atoms with Gasteiger partial charge in [0.2, 0.25) is 5.91 Å². The highest BCUT2D eigenvalue weighted by molar-refractivity contribution is 5.76. The summed E-state index contributed by atoms with van der Waals surface area (Å²) >= 11 is 0. The molecule has 2 aromatic rings. The van der Waals surface area contributed by atoms with Crippen molar-refractivity contribution in [2.24, 2.45) is 0 Å². The smallest absolute Gasteiger partial charge is 0.336 e. The predicted octanol–water partition coefficient (Wildman–Crippen LogP) is 2.48. The van der Waals surface area contributed by atoms with Crippen molar-refractivity contribution in [2.75, 3.05) is 7.05 Å². The number of pyridine rings is 2. The highest BCUT2D eigenvalue weighted by Crippen LogP contribution is 2.28. The molecule has 0 bridgehead atoms. The fraction of sp³-hybridized carbons (Fsp3) is 0.312. The molecule has 0 fully saturated rings. The molecule has 1 atom stereocenters. The fourth-order valence-electron chi connectivity index (χ4n) is 2.12. The second kappa shape index (κ2) is 6.86. The number of alkyl halides is 3. The molecule has 24 heavy (non-hydrogen) atoms. The van der Waals surface area contributed by atoms with Crippen LogP contribution in [-0.2, 0) is 17.5 Å². The fourth-order valence-corrected chi connectivity index (χ4v) is 2.12. The van der Waals surface area contributed by atoms with Crippen LogP contribution >= 0.6 is 0 Å². The number of likely N-dealkylation sites (N-methyl/N-ethyl adjacent to an activating group) is 1. The van der Waals surface area contributed by atoms with Crippen LogP contribution in [0.3, 0.4) is 0 Å². The van der Waals surface area contributed by atoms with Gasteiger partial charge in [0.25, 0.3) is 5.56 Å². The van der Waals surface area contributed by atoms with Crippen LogP contribution in [-0.4, -0.2) is 27.4 Å². The Bertz CT molecular complexity index is 772. The van der Waals surface area contributed by atoms with E-state index in [1.807, 2.05) is 0 Å². The molecular weight excluding hydrogens is 323 g/mol. The van der Waals surface area contributed by atoms with Gasteiger partial charge in [0.05, 0.1) is 17.3 Å². The van der Waals surface area contributed by atoms with Gasteiger partial charge in [-0.3, -0.25) is 14.6 Å². The number of rotatable bonds is 4. The van der Waals surface area contributed by atoms with E-state index in [0.29, 0.717) is 18.0 Å². The zero-order chi connectivity index (χ0) is 17.9. The van der Waals surface area contributed by atoms with Gasteiger partial charge in [-0.15, -0.1) is 0 Å². The van der Waals surface area contributed by atoms with Crippen LogP contribution < -0.4 is 5.56 Å². The molecule has 2 rings (SSSR count). The quantitative estimate of drug-likeness (QED) is 0.860. The third-order valence-corrected chi connectivity index (χ3v) is 3.71. The topological polar surface area (TPSA) is 55.2 Å². The highest BCUT2D eigenvalue weighted by Gasteiger charge is 2.31. The number of aromatic nitrogens is 2. The van der Waals surface area contributed by atoms with Gasteiger partial charge in [-0.25, -0.2) is 0 Å². The van der Waals surface area contributed by atoms with E-state index in [2.05, 4.69) is 4.98 Å². The van der Waals surface area contributed by atoms with Crippen LogP contribution in [0.15, 0.2) is 47.5 Å². The standard InChI is InChI=1S/C16H16F3N3O2/c1-11(13-5-3-4-8-20-13)21(2)15(24)10-22-9-12(16(17,18)19)6-7-14(22)23/h3-9,11H,10H2,1-2H3/t11-/m1/s1. The second-order valence-electron chi connectivity index (χ2n) is 5.32. The molecule has 0 saturated heterocycles. The molecule has 0 saturated carbocycles. The van der Waals surface area contributed by atoms with E-state index in [4.69, 9.17) is 0 Å². The summed E-state index contributed by atoms with van der Waals surface area (Å²) in [5.74, 6) is -0.491. The summed E-state index contributed by atoms with van der Waals surface area (Å²) < 4.78 is 38.9. The summed E-state index contributed by atoms with van der Waals surface area (Å²) in [5, 5.41) is 0. The van der Waals surface area contributed by atoms with Gasteiger partial charge < -0.3 is 9.47 Å². The Morgan fingerprint density at radius 1 is 1.29 bits per heavy atom. The van der Waals surface area contributed by atoms with Gasteiger partial charge in [-0.05, 0) is 25.1 Å². The normalized spacial score (nSPS) is 12.7. The summed E-state index contributed by atoms with van der Waals surface area (Å²) in [7, 11) is 1.51. The van der Waals surface area contributed by atoms with Gasteiger partial charge >= 0.3 is 6.18 Å². The molecule has 0 aliphatic heterocycles. The first kappa shape index (κ1) is 17.7. The maximum Gasteiger partial charge on any atom is 0.417 e. The minimum Gasteiger partial charge on any atom is -0.336 e. The van der Waals surface area contributed by atoms with E-state index in [0.717, 1.165) is 10.6 Å². The van der Waals surface area contributed by atoms with Crippen LogP contribution in [0, 0.1) is 0 Å². The van der Waals surface area contributed by atoms with Gasteiger partial charge in [0.1, 0.15) is 6.54 Å². The summed E-state index contributed by atoms with van der Waals surface area (Å²) in [6.07, 6.45) is -2.34. The maximum atomic E-state index is 12.7. The molecule has 1 amide bonds. The number of hydrogen-bond acceptors (Lipinski definition) is 3. The van der Waals surface area contributed by atoms with Crippen LogP contribution in [0.4, 0.5) is 13.2 Å². The first-order valence-electron chi connectivity index (χ1n) is 7.14. The van der Waals surface area contributed by atoms with Gasteiger partial charge in [0, 0.05) is 25.5 Å². The lowest BCUT2D eigenvalue weighted by atomic mass is 10.2. The number of amides is 1.